The van der Waals surface area contributed by atoms with Crippen molar-refractivity contribution in [1.82, 2.24) is 4.72 Å². The molecule has 0 saturated carbocycles. The van der Waals surface area contributed by atoms with Crippen LogP contribution in [0.2, 0.25) is 0 Å². The first-order chi connectivity index (χ1) is 7.48. The van der Waals surface area contributed by atoms with E-state index in [0.717, 1.165) is 0 Å². The fourth-order valence-corrected chi connectivity index (χ4v) is 2.07. The highest BCUT2D eigenvalue weighted by Crippen LogP contribution is 1.92. The number of unbranched alkanes of at least 4 members (excludes halogenated alkanes) is 1. The molecular formula is C8H19N3O4S. The number of hydrogen-bond acceptors (Lipinski definition) is 5. The molecule has 0 aromatic heterocycles. The van der Waals surface area contributed by atoms with Gasteiger partial charge in [-0.15, -0.1) is 0 Å². The van der Waals surface area contributed by atoms with Gasteiger partial charge in [0.25, 0.3) is 0 Å². The van der Waals surface area contributed by atoms with E-state index in [-0.39, 0.29) is 25.5 Å². The molecule has 96 valence electrons. The van der Waals surface area contributed by atoms with E-state index in [0.29, 0.717) is 19.4 Å². The molecule has 5 N–H and O–H groups in total. The van der Waals surface area contributed by atoms with Gasteiger partial charge in [0.15, 0.2) is 0 Å². The Morgan fingerprint density at radius 3 is 2.56 bits per heavy atom. The molecule has 0 saturated heterocycles. The quantitative estimate of drug-likeness (QED) is 0.394. The summed E-state index contributed by atoms with van der Waals surface area (Å²) in [5.41, 5.74) is 10.1. The van der Waals surface area contributed by atoms with E-state index in [4.69, 9.17) is 16.2 Å². The van der Waals surface area contributed by atoms with E-state index in [1.165, 1.54) is 0 Å². The van der Waals surface area contributed by atoms with Gasteiger partial charge in [-0.05, 0) is 19.4 Å². The lowest BCUT2D eigenvalue weighted by molar-refractivity contribution is -0.122. The Morgan fingerprint density at radius 2 is 2.00 bits per heavy atom. The molecule has 7 nitrogen and oxygen atoms in total. The van der Waals surface area contributed by atoms with E-state index >= 15 is 0 Å². The van der Waals surface area contributed by atoms with Crippen molar-refractivity contribution < 1.29 is 17.9 Å². The zero-order chi connectivity index (χ0) is 12.4. The molecule has 0 fully saturated rings. The van der Waals surface area contributed by atoms with Crippen LogP contribution in [-0.4, -0.2) is 46.4 Å². The van der Waals surface area contributed by atoms with Crippen molar-refractivity contribution in [3.8, 4) is 0 Å². The van der Waals surface area contributed by atoms with Crippen molar-refractivity contribution >= 4 is 15.9 Å². The summed E-state index contributed by atoms with van der Waals surface area (Å²) in [6, 6.07) is 0. The Hall–Kier alpha value is -0.700. The summed E-state index contributed by atoms with van der Waals surface area (Å²) < 4.78 is 29.7. The van der Waals surface area contributed by atoms with Crippen LogP contribution in [0.25, 0.3) is 0 Å². The largest absolute Gasteiger partial charge is 0.370 e. The standard InChI is InChI=1S/C8H19N3O4S/c9-3-1-2-6-16(13,14)11-4-5-15-7-8(10)12/h11H,1-7,9H2,(H2,10,12). The van der Waals surface area contributed by atoms with Crippen LogP contribution in [0.1, 0.15) is 12.8 Å². The summed E-state index contributed by atoms with van der Waals surface area (Å²) in [7, 11) is -3.26. The minimum atomic E-state index is -3.26. The fraction of sp³-hybridized carbons (Fsp3) is 0.875. The molecule has 16 heavy (non-hydrogen) atoms. The van der Waals surface area contributed by atoms with Crippen LogP contribution >= 0.6 is 0 Å². The van der Waals surface area contributed by atoms with Gasteiger partial charge in [-0.2, -0.15) is 0 Å². The number of sulfonamides is 1. The molecule has 1 amide bonds. The van der Waals surface area contributed by atoms with Gasteiger partial charge in [0.05, 0.1) is 12.4 Å². The molecule has 8 heteroatoms. The summed E-state index contributed by atoms with van der Waals surface area (Å²) in [6.07, 6.45) is 1.22. The summed E-state index contributed by atoms with van der Waals surface area (Å²) >= 11 is 0. The number of nitrogens with two attached hydrogens (primary N) is 2. The summed E-state index contributed by atoms with van der Waals surface area (Å²) in [6.45, 7) is 0.545. The predicted molar refractivity (Wildman–Crippen MR) is 60.1 cm³/mol. The molecule has 0 rings (SSSR count). The van der Waals surface area contributed by atoms with Crippen LogP contribution in [-0.2, 0) is 19.6 Å². The van der Waals surface area contributed by atoms with E-state index < -0.39 is 15.9 Å². The van der Waals surface area contributed by atoms with Gasteiger partial charge in [-0.25, -0.2) is 13.1 Å². The lowest BCUT2D eigenvalue weighted by atomic mass is 10.3. The number of primary amides is 1. The second-order valence-electron chi connectivity index (χ2n) is 3.23. The third-order valence-electron chi connectivity index (χ3n) is 1.68. The Balaban J connectivity index is 3.54. The molecular weight excluding hydrogens is 234 g/mol. The Bertz CT molecular complexity index is 292. The van der Waals surface area contributed by atoms with Crippen molar-refractivity contribution in [2.24, 2.45) is 11.5 Å². The number of nitrogens with one attached hydrogen (secondary N) is 1. The smallest absolute Gasteiger partial charge is 0.243 e. The van der Waals surface area contributed by atoms with Crippen LogP contribution in [0.4, 0.5) is 0 Å². The zero-order valence-electron chi connectivity index (χ0n) is 9.15. The molecule has 0 aliphatic carbocycles. The van der Waals surface area contributed by atoms with E-state index in [1.54, 1.807) is 0 Å². The second-order valence-corrected chi connectivity index (χ2v) is 5.15. The van der Waals surface area contributed by atoms with Crippen molar-refractivity contribution in [1.29, 1.82) is 0 Å². The molecule has 0 radical (unpaired) electrons. The van der Waals surface area contributed by atoms with Gasteiger partial charge < -0.3 is 16.2 Å². The monoisotopic (exact) mass is 253 g/mol. The molecule has 0 heterocycles. The maximum Gasteiger partial charge on any atom is 0.243 e. The van der Waals surface area contributed by atoms with Crippen molar-refractivity contribution in [2.45, 2.75) is 12.8 Å². The van der Waals surface area contributed by atoms with E-state index in [1.807, 2.05) is 0 Å². The van der Waals surface area contributed by atoms with E-state index in [2.05, 4.69) is 4.72 Å². The zero-order valence-corrected chi connectivity index (χ0v) is 9.96. The van der Waals surface area contributed by atoms with Crippen LogP contribution in [0.15, 0.2) is 0 Å². The number of ether oxygens (including phenoxy) is 1. The maximum absolute atomic E-state index is 11.3. The van der Waals surface area contributed by atoms with Crippen LogP contribution in [0, 0.1) is 0 Å². The van der Waals surface area contributed by atoms with Gasteiger partial charge in [0, 0.05) is 6.54 Å². The van der Waals surface area contributed by atoms with E-state index in [9.17, 15) is 13.2 Å². The number of carbonyl (C=O) groups excluding carboxylic acids is 1. The molecule has 0 aromatic rings. The van der Waals surface area contributed by atoms with Gasteiger partial charge in [0.1, 0.15) is 6.61 Å². The predicted octanol–water partition coefficient (Wildman–Crippen LogP) is -1.85. The SMILES string of the molecule is NCCCCS(=O)(=O)NCCOCC(N)=O. The Labute approximate surface area is 95.6 Å². The number of rotatable bonds is 10. The summed E-state index contributed by atoms with van der Waals surface area (Å²) in [4.78, 5) is 10.3. The average molecular weight is 253 g/mol. The second kappa shape index (κ2) is 8.45. The first-order valence-corrected chi connectivity index (χ1v) is 6.66. The fourth-order valence-electron chi connectivity index (χ4n) is 0.951. The molecule has 0 atom stereocenters. The number of hydrogen-bond donors (Lipinski definition) is 3. The van der Waals surface area contributed by atoms with Gasteiger partial charge in [0.2, 0.25) is 15.9 Å². The summed E-state index contributed by atoms with van der Waals surface area (Å²) in [5.74, 6) is -0.522. The number of carbonyl (C=O) groups is 1. The molecule has 0 aliphatic rings. The highest BCUT2D eigenvalue weighted by molar-refractivity contribution is 7.89. The molecule has 0 aromatic carbocycles. The van der Waals surface area contributed by atoms with Crippen LogP contribution < -0.4 is 16.2 Å². The summed E-state index contributed by atoms with van der Waals surface area (Å²) in [5, 5.41) is 0. The first kappa shape index (κ1) is 15.3. The van der Waals surface area contributed by atoms with Crippen LogP contribution in [0.5, 0.6) is 0 Å². The molecule has 0 unspecified atom stereocenters. The topological polar surface area (TPSA) is 125 Å². The number of amides is 1. The highest BCUT2D eigenvalue weighted by Gasteiger charge is 2.08. The van der Waals surface area contributed by atoms with Gasteiger partial charge >= 0.3 is 0 Å². The lowest BCUT2D eigenvalue weighted by Gasteiger charge is -2.06. The normalized spacial score (nSPS) is 11.6. The van der Waals surface area contributed by atoms with Crippen LogP contribution in [0.3, 0.4) is 0 Å². The average Bonchev–Trinajstić information content (AvgIpc) is 2.16. The first-order valence-electron chi connectivity index (χ1n) is 5.01. The Morgan fingerprint density at radius 1 is 1.31 bits per heavy atom. The van der Waals surface area contributed by atoms with Crippen molar-refractivity contribution in [3.05, 3.63) is 0 Å². The Kier molecular flexibility index (Phi) is 8.08. The van der Waals surface area contributed by atoms with Crippen molar-refractivity contribution in [3.63, 3.8) is 0 Å². The molecule has 0 bridgehead atoms. The molecule has 0 aliphatic heterocycles. The third-order valence-corrected chi connectivity index (χ3v) is 3.15. The minimum Gasteiger partial charge on any atom is -0.370 e. The highest BCUT2D eigenvalue weighted by atomic mass is 32.2. The van der Waals surface area contributed by atoms with Gasteiger partial charge in [-0.1, -0.05) is 0 Å². The minimum absolute atomic E-state index is 0.0556. The molecule has 0 spiro atoms. The van der Waals surface area contributed by atoms with Crippen molar-refractivity contribution in [2.75, 3.05) is 32.1 Å². The maximum atomic E-state index is 11.3. The third kappa shape index (κ3) is 9.84. The lowest BCUT2D eigenvalue weighted by Crippen LogP contribution is -2.30. The van der Waals surface area contributed by atoms with Gasteiger partial charge in [-0.3, -0.25) is 4.79 Å².